The van der Waals surface area contributed by atoms with Gasteiger partial charge in [0.2, 0.25) is 0 Å². The lowest BCUT2D eigenvalue weighted by atomic mass is 9.75. The van der Waals surface area contributed by atoms with E-state index in [0.29, 0.717) is 5.76 Å². The van der Waals surface area contributed by atoms with Crippen LogP contribution in [0, 0.1) is 6.92 Å². The Morgan fingerprint density at radius 1 is 1.32 bits per heavy atom. The standard InChI is InChI=1S/C15H19BO3/c1-10-8-14-12(6-5-7-17-14)9-13(10)16-18-11(2)15(3,4)19-16/h8-9H,2,5-7H2,1,3-4H3. The van der Waals surface area contributed by atoms with Crippen molar-refractivity contribution < 1.29 is 14.0 Å². The second kappa shape index (κ2) is 4.31. The van der Waals surface area contributed by atoms with Crippen LogP contribution in [0.5, 0.6) is 5.75 Å². The van der Waals surface area contributed by atoms with Crippen molar-refractivity contribution in [2.45, 2.75) is 39.2 Å². The Hall–Kier alpha value is -1.42. The van der Waals surface area contributed by atoms with E-state index in [1.165, 1.54) is 5.56 Å². The second-order valence-corrected chi connectivity index (χ2v) is 5.77. The lowest BCUT2D eigenvalue weighted by Crippen LogP contribution is -2.36. The number of fused-ring (bicyclic) bond motifs is 1. The van der Waals surface area contributed by atoms with Crippen molar-refractivity contribution in [2.75, 3.05) is 6.61 Å². The van der Waals surface area contributed by atoms with E-state index < -0.39 is 5.60 Å². The average molecular weight is 258 g/mol. The van der Waals surface area contributed by atoms with Gasteiger partial charge in [0.05, 0.1) is 12.4 Å². The molecule has 0 N–H and O–H groups in total. The summed E-state index contributed by atoms with van der Waals surface area (Å²) >= 11 is 0. The van der Waals surface area contributed by atoms with E-state index in [1.54, 1.807) is 0 Å². The lowest BCUT2D eigenvalue weighted by molar-refractivity contribution is 0.173. The highest BCUT2D eigenvalue weighted by molar-refractivity contribution is 6.63. The third-order valence-electron chi connectivity index (χ3n) is 3.87. The predicted molar refractivity (Wildman–Crippen MR) is 75.8 cm³/mol. The molecule has 0 amide bonds. The molecule has 0 saturated carbocycles. The maximum Gasteiger partial charge on any atom is 0.563 e. The van der Waals surface area contributed by atoms with Crippen LogP contribution in [0.25, 0.3) is 0 Å². The molecule has 2 aliphatic rings. The van der Waals surface area contributed by atoms with Gasteiger partial charge in [-0.1, -0.05) is 12.6 Å². The van der Waals surface area contributed by atoms with E-state index in [1.807, 2.05) is 13.8 Å². The first-order chi connectivity index (χ1) is 8.97. The Balaban J connectivity index is 1.96. The molecule has 3 nitrogen and oxygen atoms in total. The molecule has 1 fully saturated rings. The van der Waals surface area contributed by atoms with Crippen LogP contribution < -0.4 is 10.2 Å². The fraction of sp³-hybridized carbons (Fsp3) is 0.467. The summed E-state index contributed by atoms with van der Waals surface area (Å²) in [6, 6.07) is 4.24. The van der Waals surface area contributed by atoms with Crippen LogP contribution in [0.2, 0.25) is 0 Å². The summed E-state index contributed by atoms with van der Waals surface area (Å²) in [4.78, 5) is 0. The van der Waals surface area contributed by atoms with Gasteiger partial charge in [0.25, 0.3) is 0 Å². The van der Waals surface area contributed by atoms with Gasteiger partial charge in [-0.05, 0) is 50.8 Å². The summed E-state index contributed by atoms with van der Waals surface area (Å²) in [7, 11) is -0.352. The third-order valence-corrected chi connectivity index (χ3v) is 3.87. The van der Waals surface area contributed by atoms with Gasteiger partial charge < -0.3 is 14.0 Å². The summed E-state index contributed by atoms with van der Waals surface area (Å²) in [5.74, 6) is 1.69. The van der Waals surface area contributed by atoms with Crippen molar-refractivity contribution in [3.8, 4) is 5.75 Å². The highest BCUT2D eigenvalue weighted by Gasteiger charge is 2.43. The molecule has 4 heteroatoms. The summed E-state index contributed by atoms with van der Waals surface area (Å²) in [5, 5.41) is 0. The number of ether oxygens (including phenoxy) is 1. The molecule has 0 bridgehead atoms. The number of hydrogen-bond acceptors (Lipinski definition) is 3. The fourth-order valence-electron chi connectivity index (χ4n) is 2.53. The highest BCUT2D eigenvalue weighted by atomic mass is 16.7. The fourth-order valence-corrected chi connectivity index (χ4v) is 2.53. The van der Waals surface area contributed by atoms with Gasteiger partial charge in [0, 0.05) is 5.46 Å². The molecule has 3 rings (SSSR count). The maximum absolute atomic E-state index is 5.96. The van der Waals surface area contributed by atoms with Crippen LogP contribution in [0.3, 0.4) is 0 Å². The maximum atomic E-state index is 5.96. The average Bonchev–Trinajstić information content (AvgIpc) is 2.63. The van der Waals surface area contributed by atoms with Crippen molar-refractivity contribution >= 4 is 12.6 Å². The van der Waals surface area contributed by atoms with Crippen molar-refractivity contribution in [1.82, 2.24) is 0 Å². The monoisotopic (exact) mass is 258 g/mol. The molecule has 1 saturated heterocycles. The van der Waals surface area contributed by atoms with Crippen molar-refractivity contribution in [2.24, 2.45) is 0 Å². The Labute approximate surface area is 114 Å². The molecule has 1 aromatic rings. The Kier molecular flexibility index (Phi) is 2.86. The molecule has 2 heterocycles. The molecular formula is C15H19BO3. The van der Waals surface area contributed by atoms with E-state index in [-0.39, 0.29) is 7.12 Å². The highest BCUT2D eigenvalue weighted by Crippen LogP contribution is 2.31. The van der Waals surface area contributed by atoms with Crippen LogP contribution in [0.1, 0.15) is 31.4 Å². The smallest absolute Gasteiger partial charge is 0.534 e. The van der Waals surface area contributed by atoms with Gasteiger partial charge >= 0.3 is 7.12 Å². The minimum atomic E-state index is -0.427. The van der Waals surface area contributed by atoms with Crippen LogP contribution >= 0.6 is 0 Å². The Morgan fingerprint density at radius 3 is 2.79 bits per heavy atom. The molecule has 0 atom stereocenters. The molecular weight excluding hydrogens is 239 g/mol. The van der Waals surface area contributed by atoms with Gasteiger partial charge in [0.1, 0.15) is 11.4 Å². The molecule has 19 heavy (non-hydrogen) atoms. The quantitative estimate of drug-likeness (QED) is 0.724. The van der Waals surface area contributed by atoms with Gasteiger partial charge in [0.15, 0.2) is 0 Å². The SMILES string of the molecule is C=C1OB(c2cc3c(cc2C)OCCC3)OC1(C)C. The van der Waals surface area contributed by atoms with Crippen LogP contribution in [-0.2, 0) is 15.7 Å². The molecule has 0 radical (unpaired) electrons. The van der Waals surface area contributed by atoms with Gasteiger partial charge in [-0.3, -0.25) is 0 Å². The predicted octanol–water partition coefficient (Wildman–Crippen LogP) is 2.35. The van der Waals surface area contributed by atoms with E-state index in [4.69, 9.17) is 14.0 Å². The molecule has 1 aromatic carbocycles. The van der Waals surface area contributed by atoms with Crippen molar-refractivity contribution in [3.63, 3.8) is 0 Å². The zero-order valence-electron chi connectivity index (χ0n) is 11.8. The minimum Gasteiger partial charge on any atom is -0.534 e. The van der Waals surface area contributed by atoms with E-state index in [2.05, 4.69) is 25.6 Å². The lowest BCUT2D eigenvalue weighted by Gasteiger charge is -2.20. The number of hydrogen-bond donors (Lipinski definition) is 0. The van der Waals surface area contributed by atoms with Crippen LogP contribution in [-0.4, -0.2) is 19.3 Å². The first-order valence-electron chi connectivity index (χ1n) is 6.77. The van der Waals surface area contributed by atoms with E-state index in [9.17, 15) is 0 Å². The second-order valence-electron chi connectivity index (χ2n) is 5.77. The molecule has 0 unspecified atom stereocenters. The zero-order chi connectivity index (χ0) is 13.6. The van der Waals surface area contributed by atoms with E-state index >= 15 is 0 Å². The largest absolute Gasteiger partial charge is 0.563 e. The molecule has 100 valence electrons. The van der Waals surface area contributed by atoms with Gasteiger partial charge in [-0.15, -0.1) is 0 Å². The van der Waals surface area contributed by atoms with Gasteiger partial charge in [-0.25, -0.2) is 0 Å². The van der Waals surface area contributed by atoms with Gasteiger partial charge in [-0.2, -0.15) is 0 Å². The summed E-state index contributed by atoms with van der Waals surface area (Å²) < 4.78 is 17.4. The molecule has 0 aliphatic carbocycles. The Morgan fingerprint density at radius 2 is 2.11 bits per heavy atom. The van der Waals surface area contributed by atoms with Crippen LogP contribution in [0.4, 0.5) is 0 Å². The molecule has 0 spiro atoms. The van der Waals surface area contributed by atoms with Crippen molar-refractivity contribution in [1.29, 1.82) is 0 Å². The van der Waals surface area contributed by atoms with Crippen LogP contribution in [0.15, 0.2) is 24.5 Å². The number of benzene rings is 1. The zero-order valence-corrected chi connectivity index (χ0v) is 11.8. The topological polar surface area (TPSA) is 27.7 Å². The Bertz CT molecular complexity index is 536. The first-order valence-corrected chi connectivity index (χ1v) is 6.77. The third kappa shape index (κ3) is 2.14. The summed E-state index contributed by atoms with van der Waals surface area (Å²) in [5.41, 5.74) is 3.03. The molecule has 0 aromatic heterocycles. The first kappa shape index (κ1) is 12.6. The number of rotatable bonds is 1. The molecule has 2 aliphatic heterocycles. The summed E-state index contributed by atoms with van der Waals surface area (Å²) in [6.45, 7) is 10.8. The van der Waals surface area contributed by atoms with E-state index in [0.717, 1.165) is 36.2 Å². The summed E-state index contributed by atoms with van der Waals surface area (Å²) in [6.07, 6.45) is 2.12. The normalized spacial score (nSPS) is 20.8. The minimum absolute atomic E-state index is 0.352. The van der Waals surface area contributed by atoms with Crippen molar-refractivity contribution in [3.05, 3.63) is 35.6 Å². The number of aryl methyl sites for hydroxylation is 2.